The molecule has 2 aliphatic rings. The number of hydrogen-bond acceptors (Lipinski definition) is 7. The van der Waals surface area contributed by atoms with Crippen LogP contribution < -0.4 is 0 Å². The summed E-state index contributed by atoms with van der Waals surface area (Å²) >= 11 is 5.61. The minimum absolute atomic E-state index is 0.0984. The van der Waals surface area contributed by atoms with Gasteiger partial charge in [-0.05, 0) is 45.1 Å². The Hall–Kier alpha value is -1.57. The average molecular weight is 471 g/mol. The number of nitrogens with zero attached hydrogens (tertiary/aromatic N) is 6. The van der Waals surface area contributed by atoms with Crippen LogP contribution in [-0.2, 0) is 28.2 Å². The number of rotatable bonds is 6. The van der Waals surface area contributed by atoms with Crippen molar-refractivity contribution in [2.24, 2.45) is 0 Å². The lowest BCUT2D eigenvalue weighted by Crippen LogP contribution is -2.57. The molecular weight excluding hydrogens is 440 g/mol. The molecule has 2 saturated heterocycles. The maximum absolute atomic E-state index is 13.1. The summed E-state index contributed by atoms with van der Waals surface area (Å²) in [7, 11) is -3.49. The second-order valence-corrected chi connectivity index (χ2v) is 10.4. The first-order valence-corrected chi connectivity index (χ1v) is 12.4. The van der Waals surface area contributed by atoms with Gasteiger partial charge in [0.2, 0.25) is 0 Å². The molecule has 4 heterocycles. The minimum atomic E-state index is -3.49. The molecule has 0 bridgehead atoms. The zero-order valence-electron chi connectivity index (χ0n) is 18.2. The van der Waals surface area contributed by atoms with Gasteiger partial charge in [0.25, 0.3) is 10.2 Å². The van der Waals surface area contributed by atoms with Crippen LogP contribution in [0.3, 0.4) is 0 Å². The van der Waals surface area contributed by atoms with E-state index in [0.29, 0.717) is 68.8 Å². The normalized spacial score (nSPS) is 24.6. The highest BCUT2D eigenvalue weighted by molar-refractivity contribution is 7.86. The first-order valence-electron chi connectivity index (χ1n) is 10.6. The Labute approximate surface area is 188 Å². The molecule has 0 radical (unpaired) electrons. The van der Waals surface area contributed by atoms with E-state index in [1.54, 1.807) is 19.6 Å². The van der Waals surface area contributed by atoms with Gasteiger partial charge in [0.1, 0.15) is 0 Å². The Bertz CT molecular complexity index is 1030. The highest BCUT2D eigenvalue weighted by atomic mass is 32.2. The predicted octanol–water partition coefficient (Wildman–Crippen LogP) is 1.62. The van der Waals surface area contributed by atoms with Crippen molar-refractivity contribution in [1.82, 2.24) is 27.9 Å². The molecule has 2 atom stereocenters. The molecule has 0 aromatic carbocycles. The quantitative estimate of drug-likeness (QED) is 0.593. The van der Waals surface area contributed by atoms with Crippen LogP contribution >= 0.6 is 12.2 Å². The van der Waals surface area contributed by atoms with Crippen LogP contribution in [0.2, 0.25) is 0 Å². The van der Waals surface area contributed by atoms with Crippen molar-refractivity contribution in [2.45, 2.75) is 46.2 Å². The summed E-state index contributed by atoms with van der Waals surface area (Å²) in [6, 6.07) is 3.69. The molecular formula is C19H30N6O4S2. The van der Waals surface area contributed by atoms with Crippen LogP contribution in [-0.4, -0.2) is 87.8 Å². The Morgan fingerprint density at radius 1 is 1.13 bits per heavy atom. The van der Waals surface area contributed by atoms with Gasteiger partial charge in [0, 0.05) is 45.8 Å². The zero-order valence-corrected chi connectivity index (χ0v) is 19.8. The van der Waals surface area contributed by atoms with E-state index in [4.69, 9.17) is 21.4 Å². The fourth-order valence-corrected chi connectivity index (χ4v) is 6.24. The molecule has 0 spiro atoms. The smallest absolute Gasteiger partial charge is 0.282 e. The van der Waals surface area contributed by atoms with E-state index in [9.17, 15) is 8.42 Å². The number of ether oxygens (including phenoxy) is 1. The molecule has 0 saturated carbocycles. The van der Waals surface area contributed by atoms with Crippen LogP contribution in [0.15, 0.2) is 22.8 Å². The Balaban J connectivity index is 1.41. The third-order valence-electron chi connectivity index (χ3n) is 5.68. The van der Waals surface area contributed by atoms with Gasteiger partial charge in [-0.3, -0.25) is 9.47 Å². The lowest BCUT2D eigenvalue weighted by molar-refractivity contribution is -0.0458. The van der Waals surface area contributed by atoms with Crippen molar-refractivity contribution in [3.63, 3.8) is 0 Å². The van der Waals surface area contributed by atoms with Crippen LogP contribution in [0.5, 0.6) is 0 Å². The van der Waals surface area contributed by atoms with Gasteiger partial charge >= 0.3 is 0 Å². The predicted molar refractivity (Wildman–Crippen MR) is 118 cm³/mol. The molecule has 0 amide bonds. The maximum atomic E-state index is 13.1. The standard InChI is InChI=1S/C19H30N6O4S2/c1-4-24-18(17-6-5-11-28-17)20-25(19(24)30)14-21-7-9-22(10-8-21)31(26,27)23-12-15(2)29-16(3)13-23/h5-6,11,15-16H,4,7-10,12-14H2,1-3H3/t15-,16-/m1/s1. The summed E-state index contributed by atoms with van der Waals surface area (Å²) in [5.41, 5.74) is 0. The van der Waals surface area contributed by atoms with Gasteiger partial charge in [-0.25, -0.2) is 4.68 Å². The zero-order chi connectivity index (χ0) is 22.2. The molecule has 172 valence electrons. The van der Waals surface area contributed by atoms with E-state index >= 15 is 0 Å². The second kappa shape index (κ2) is 9.12. The van der Waals surface area contributed by atoms with Gasteiger partial charge < -0.3 is 9.15 Å². The third kappa shape index (κ3) is 4.64. The number of piperazine rings is 1. The van der Waals surface area contributed by atoms with E-state index in [1.165, 1.54) is 0 Å². The summed E-state index contributed by atoms with van der Waals surface area (Å²) in [5, 5.41) is 4.66. The van der Waals surface area contributed by atoms with Crippen LogP contribution in [0.1, 0.15) is 20.8 Å². The number of furan rings is 1. The molecule has 2 aromatic heterocycles. The van der Waals surface area contributed by atoms with Gasteiger partial charge in [-0.1, -0.05) is 0 Å². The molecule has 10 nitrogen and oxygen atoms in total. The summed E-state index contributed by atoms with van der Waals surface area (Å²) < 4.78 is 44.9. The van der Waals surface area contributed by atoms with E-state index < -0.39 is 10.2 Å². The molecule has 0 aliphatic carbocycles. The molecule has 31 heavy (non-hydrogen) atoms. The SMILES string of the molecule is CCn1c(-c2ccco2)nn(CN2CCN(S(=O)(=O)N3C[C@@H](C)O[C@H](C)C3)CC2)c1=S. The fraction of sp³-hybridized carbons (Fsp3) is 0.684. The lowest BCUT2D eigenvalue weighted by atomic mass is 10.3. The highest BCUT2D eigenvalue weighted by Crippen LogP contribution is 2.21. The summed E-state index contributed by atoms with van der Waals surface area (Å²) in [6.45, 7) is 9.94. The van der Waals surface area contributed by atoms with Crippen molar-refractivity contribution >= 4 is 22.4 Å². The van der Waals surface area contributed by atoms with E-state index in [1.807, 2.05) is 37.5 Å². The van der Waals surface area contributed by atoms with E-state index in [0.717, 1.165) is 0 Å². The van der Waals surface area contributed by atoms with Crippen molar-refractivity contribution < 1.29 is 17.6 Å². The largest absolute Gasteiger partial charge is 0.461 e. The summed E-state index contributed by atoms with van der Waals surface area (Å²) in [5.74, 6) is 1.38. The molecule has 0 unspecified atom stereocenters. The van der Waals surface area contributed by atoms with E-state index in [2.05, 4.69) is 10.00 Å². The molecule has 2 aliphatic heterocycles. The minimum Gasteiger partial charge on any atom is -0.461 e. The van der Waals surface area contributed by atoms with E-state index in [-0.39, 0.29) is 12.2 Å². The number of hydrogen-bond donors (Lipinski definition) is 0. The van der Waals surface area contributed by atoms with Gasteiger partial charge in [-0.15, -0.1) is 5.10 Å². The van der Waals surface area contributed by atoms with Crippen LogP contribution in [0.25, 0.3) is 11.6 Å². The lowest BCUT2D eigenvalue weighted by Gasteiger charge is -2.40. The maximum Gasteiger partial charge on any atom is 0.282 e. The van der Waals surface area contributed by atoms with Crippen LogP contribution in [0, 0.1) is 4.77 Å². The van der Waals surface area contributed by atoms with Crippen molar-refractivity contribution in [3.8, 4) is 11.6 Å². The van der Waals surface area contributed by atoms with Gasteiger partial charge in [-0.2, -0.15) is 17.0 Å². The molecule has 2 fully saturated rings. The monoisotopic (exact) mass is 470 g/mol. The Morgan fingerprint density at radius 3 is 2.39 bits per heavy atom. The fourth-order valence-electron chi connectivity index (χ4n) is 4.18. The topological polar surface area (TPSA) is 89.0 Å². The Kier molecular flexibility index (Phi) is 6.65. The molecule has 4 rings (SSSR count). The van der Waals surface area contributed by atoms with Crippen molar-refractivity contribution in [1.29, 1.82) is 0 Å². The second-order valence-electron chi connectivity index (χ2n) is 8.07. The third-order valence-corrected chi connectivity index (χ3v) is 8.08. The first kappa shape index (κ1) is 22.6. The summed E-state index contributed by atoms with van der Waals surface area (Å²) in [4.78, 5) is 2.17. The molecule has 12 heteroatoms. The van der Waals surface area contributed by atoms with Gasteiger partial charge in [0.15, 0.2) is 16.4 Å². The first-order chi connectivity index (χ1) is 14.8. The van der Waals surface area contributed by atoms with Crippen LogP contribution in [0.4, 0.5) is 0 Å². The Morgan fingerprint density at radius 2 is 1.81 bits per heavy atom. The van der Waals surface area contributed by atoms with Crippen molar-refractivity contribution in [2.75, 3.05) is 39.3 Å². The van der Waals surface area contributed by atoms with Gasteiger partial charge in [0.05, 0.1) is 25.1 Å². The molecule has 2 aromatic rings. The summed E-state index contributed by atoms with van der Waals surface area (Å²) in [6.07, 6.45) is 1.42. The molecule has 0 N–H and O–H groups in total. The number of morpholine rings is 1. The highest BCUT2D eigenvalue weighted by Gasteiger charge is 2.36. The van der Waals surface area contributed by atoms with Crippen molar-refractivity contribution in [3.05, 3.63) is 23.2 Å². The number of aromatic nitrogens is 3. The average Bonchev–Trinajstić information content (AvgIpc) is 3.36.